The van der Waals surface area contributed by atoms with Crippen LogP contribution in [-0.2, 0) is 4.79 Å². The van der Waals surface area contributed by atoms with Gasteiger partial charge in [-0.3, -0.25) is 4.79 Å². The fraction of sp³-hybridized carbons (Fsp3) is 0.0455. The molecule has 0 aliphatic carbocycles. The number of thiophene rings is 1. The zero-order chi connectivity index (χ0) is 18.1. The van der Waals surface area contributed by atoms with Gasteiger partial charge in [0, 0.05) is 43.2 Å². The van der Waals surface area contributed by atoms with Crippen LogP contribution in [0.25, 0.3) is 31.7 Å². The molecule has 4 rings (SSSR count). The average molecular weight is 422 g/mol. The Labute approximate surface area is 164 Å². The predicted molar refractivity (Wildman–Crippen MR) is 115 cm³/mol. The Bertz CT molecular complexity index is 1100. The van der Waals surface area contributed by atoms with Crippen LogP contribution in [0.5, 0.6) is 0 Å². The molecule has 1 aromatic heterocycles. The number of carbonyl (C=O) groups is 1. The molecule has 0 aliphatic rings. The third-order valence-electron chi connectivity index (χ3n) is 4.19. The van der Waals surface area contributed by atoms with E-state index in [4.69, 9.17) is 0 Å². The third-order valence-corrected chi connectivity index (χ3v) is 5.91. The Morgan fingerprint density at radius 2 is 1.69 bits per heavy atom. The van der Waals surface area contributed by atoms with E-state index < -0.39 is 0 Å². The van der Waals surface area contributed by atoms with Gasteiger partial charge in [-0.05, 0) is 29.8 Å². The minimum atomic E-state index is -0.0700. The number of rotatable bonds is 3. The number of hydrogen-bond acceptors (Lipinski definition) is 2. The number of para-hydroxylation sites is 1. The number of nitrogens with one attached hydrogen (secondary N) is 1. The lowest BCUT2D eigenvalue weighted by Gasteiger charge is -2.12. The zero-order valence-electron chi connectivity index (χ0n) is 14.1. The van der Waals surface area contributed by atoms with Crippen molar-refractivity contribution in [3.63, 3.8) is 0 Å². The van der Waals surface area contributed by atoms with Crippen LogP contribution in [0.2, 0.25) is 0 Å². The number of benzene rings is 3. The number of halogens is 1. The maximum Gasteiger partial charge on any atom is 0.221 e. The third kappa shape index (κ3) is 3.18. The van der Waals surface area contributed by atoms with Gasteiger partial charge in [0.2, 0.25) is 5.91 Å². The van der Waals surface area contributed by atoms with Crippen molar-refractivity contribution in [2.24, 2.45) is 0 Å². The summed E-state index contributed by atoms with van der Waals surface area (Å²) < 4.78 is 2.26. The van der Waals surface area contributed by atoms with Gasteiger partial charge in [-0.1, -0.05) is 64.5 Å². The van der Waals surface area contributed by atoms with Gasteiger partial charge in [0.25, 0.3) is 0 Å². The Hall–Kier alpha value is -2.43. The molecule has 0 radical (unpaired) electrons. The number of carbonyl (C=O) groups excluding carboxylic acids is 1. The number of anilines is 1. The molecule has 1 amide bonds. The summed E-state index contributed by atoms with van der Waals surface area (Å²) in [6.07, 6.45) is 0. The van der Waals surface area contributed by atoms with Crippen molar-refractivity contribution in [1.29, 1.82) is 0 Å². The van der Waals surface area contributed by atoms with Crippen LogP contribution in [0.15, 0.2) is 77.3 Å². The molecule has 0 unspecified atom stereocenters. The summed E-state index contributed by atoms with van der Waals surface area (Å²) in [5.41, 5.74) is 4.20. The van der Waals surface area contributed by atoms with Crippen LogP contribution in [-0.4, -0.2) is 5.91 Å². The van der Waals surface area contributed by atoms with Gasteiger partial charge in [-0.2, -0.15) is 0 Å². The molecule has 0 atom stereocenters. The quantitative estimate of drug-likeness (QED) is 0.380. The lowest BCUT2D eigenvalue weighted by Crippen LogP contribution is -2.06. The highest BCUT2D eigenvalue weighted by molar-refractivity contribution is 9.10. The molecular formula is C22H16BrNOS. The van der Waals surface area contributed by atoms with Gasteiger partial charge in [0.1, 0.15) is 0 Å². The molecule has 0 saturated carbocycles. The van der Waals surface area contributed by atoms with E-state index in [1.165, 1.54) is 27.5 Å². The fourth-order valence-electron chi connectivity index (χ4n) is 3.13. The van der Waals surface area contributed by atoms with Gasteiger partial charge in [0.15, 0.2) is 0 Å². The highest BCUT2D eigenvalue weighted by atomic mass is 79.9. The van der Waals surface area contributed by atoms with Gasteiger partial charge in [0.05, 0.1) is 0 Å². The van der Waals surface area contributed by atoms with Crippen molar-refractivity contribution >= 4 is 48.9 Å². The van der Waals surface area contributed by atoms with Crippen LogP contribution in [0.1, 0.15) is 6.92 Å². The van der Waals surface area contributed by atoms with E-state index in [1.807, 2.05) is 24.3 Å². The van der Waals surface area contributed by atoms with Crippen molar-refractivity contribution in [2.45, 2.75) is 6.92 Å². The Morgan fingerprint density at radius 1 is 0.962 bits per heavy atom. The number of fused-ring (bicyclic) bond motifs is 1. The minimum absolute atomic E-state index is 0.0700. The highest BCUT2D eigenvalue weighted by Crippen LogP contribution is 2.47. The summed E-state index contributed by atoms with van der Waals surface area (Å²) in [5.74, 6) is -0.0700. The molecule has 0 bridgehead atoms. The lowest BCUT2D eigenvalue weighted by molar-refractivity contribution is -0.114. The molecule has 2 nitrogen and oxygen atoms in total. The molecule has 0 saturated heterocycles. The normalized spacial score (nSPS) is 10.8. The van der Waals surface area contributed by atoms with Gasteiger partial charge < -0.3 is 5.32 Å². The molecule has 128 valence electrons. The van der Waals surface area contributed by atoms with Gasteiger partial charge in [-0.25, -0.2) is 0 Å². The van der Waals surface area contributed by atoms with E-state index in [9.17, 15) is 4.79 Å². The standard InChI is InChI=1S/C22H16BrNOS/c1-14(25)24-19-10-6-5-9-17(19)21-18-13-16(23)11-12-20(18)26-22(21)15-7-3-2-4-8-15/h2-13H,1H3,(H,24,25). The van der Waals surface area contributed by atoms with Crippen molar-refractivity contribution in [2.75, 3.05) is 5.32 Å². The van der Waals surface area contributed by atoms with E-state index in [0.29, 0.717) is 0 Å². The first-order valence-corrected chi connectivity index (χ1v) is 9.89. The summed E-state index contributed by atoms with van der Waals surface area (Å²) in [7, 11) is 0. The zero-order valence-corrected chi connectivity index (χ0v) is 16.5. The Kier molecular flexibility index (Phi) is 4.62. The van der Waals surface area contributed by atoms with Crippen LogP contribution in [0, 0.1) is 0 Å². The summed E-state index contributed by atoms with van der Waals surface area (Å²) in [5, 5.41) is 4.16. The van der Waals surface area contributed by atoms with Crippen LogP contribution < -0.4 is 5.32 Å². The molecule has 3 aromatic carbocycles. The molecule has 0 spiro atoms. The SMILES string of the molecule is CC(=O)Nc1ccccc1-c1c(-c2ccccc2)sc2ccc(Br)cc12. The smallest absolute Gasteiger partial charge is 0.221 e. The number of amides is 1. The Morgan fingerprint density at radius 3 is 2.46 bits per heavy atom. The minimum Gasteiger partial charge on any atom is -0.326 e. The van der Waals surface area contributed by atoms with Crippen molar-refractivity contribution in [3.05, 3.63) is 77.3 Å². The molecule has 0 fully saturated rings. The van der Waals surface area contributed by atoms with Crippen LogP contribution >= 0.6 is 27.3 Å². The largest absolute Gasteiger partial charge is 0.326 e. The lowest BCUT2D eigenvalue weighted by atomic mass is 9.97. The monoisotopic (exact) mass is 421 g/mol. The van der Waals surface area contributed by atoms with E-state index in [0.717, 1.165) is 21.3 Å². The fourth-order valence-corrected chi connectivity index (χ4v) is 4.69. The predicted octanol–water partition coefficient (Wildman–Crippen LogP) is 6.96. The van der Waals surface area contributed by atoms with Crippen molar-refractivity contribution < 1.29 is 4.79 Å². The first kappa shape index (κ1) is 17.0. The van der Waals surface area contributed by atoms with Crippen molar-refractivity contribution in [1.82, 2.24) is 0 Å². The first-order chi connectivity index (χ1) is 12.6. The maximum absolute atomic E-state index is 11.7. The Balaban J connectivity index is 2.05. The molecule has 1 N–H and O–H groups in total. The molecule has 4 aromatic rings. The molecular weight excluding hydrogens is 406 g/mol. The second-order valence-corrected chi connectivity index (χ2v) is 8.01. The van der Waals surface area contributed by atoms with E-state index in [-0.39, 0.29) is 5.91 Å². The second-order valence-electron chi connectivity index (χ2n) is 6.04. The molecule has 0 aliphatic heterocycles. The molecule has 26 heavy (non-hydrogen) atoms. The maximum atomic E-state index is 11.7. The van der Waals surface area contributed by atoms with Gasteiger partial charge >= 0.3 is 0 Å². The first-order valence-electron chi connectivity index (χ1n) is 8.28. The van der Waals surface area contributed by atoms with Gasteiger partial charge in [-0.15, -0.1) is 11.3 Å². The van der Waals surface area contributed by atoms with E-state index in [1.54, 1.807) is 11.3 Å². The van der Waals surface area contributed by atoms with Crippen molar-refractivity contribution in [3.8, 4) is 21.6 Å². The summed E-state index contributed by atoms with van der Waals surface area (Å²) in [6, 6.07) is 24.7. The summed E-state index contributed by atoms with van der Waals surface area (Å²) >= 11 is 5.37. The highest BCUT2D eigenvalue weighted by Gasteiger charge is 2.18. The summed E-state index contributed by atoms with van der Waals surface area (Å²) in [4.78, 5) is 12.9. The van der Waals surface area contributed by atoms with Crippen LogP contribution in [0.3, 0.4) is 0 Å². The molecule has 4 heteroatoms. The second kappa shape index (κ2) is 7.06. The van der Waals surface area contributed by atoms with Crippen LogP contribution in [0.4, 0.5) is 5.69 Å². The average Bonchev–Trinajstić information content (AvgIpc) is 3.01. The van der Waals surface area contributed by atoms with E-state index >= 15 is 0 Å². The number of hydrogen-bond donors (Lipinski definition) is 1. The van der Waals surface area contributed by atoms with E-state index in [2.05, 4.69) is 69.8 Å². The molecule has 1 heterocycles. The summed E-state index contributed by atoms with van der Waals surface area (Å²) in [6.45, 7) is 1.54. The topological polar surface area (TPSA) is 29.1 Å².